The summed E-state index contributed by atoms with van der Waals surface area (Å²) in [5, 5.41) is 4.75. The predicted octanol–water partition coefficient (Wildman–Crippen LogP) is 5.55. The average Bonchev–Trinajstić information content (AvgIpc) is 2.99. The van der Waals surface area contributed by atoms with Crippen LogP contribution in [0.4, 0.5) is 0 Å². The van der Waals surface area contributed by atoms with E-state index in [4.69, 9.17) is 4.42 Å². The van der Waals surface area contributed by atoms with Crippen molar-refractivity contribution < 1.29 is 8.98 Å². The highest BCUT2D eigenvalue weighted by molar-refractivity contribution is 6.13. The van der Waals surface area contributed by atoms with E-state index in [1.54, 1.807) is 0 Å². The van der Waals surface area contributed by atoms with Gasteiger partial charge in [-0.15, -0.1) is 0 Å². The molecule has 0 radical (unpaired) electrons. The molecule has 3 nitrogen and oxygen atoms in total. The lowest BCUT2D eigenvalue weighted by Gasteiger charge is -2.08. The first-order valence-corrected chi connectivity index (χ1v) is 9.21. The van der Waals surface area contributed by atoms with E-state index in [1.807, 2.05) is 13.1 Å². The van der Waals surface area contributed by atoms with Crippen molar-refractivity contribution in [2.45, 2.75) is 20.8 Å². The Kier molecular flexibility index (Phi) is 3.35. The van der Waals surface area contributed by atoms with E-state index in [1.165, 1.54) is 21.9 Å². The van der Waals surface area contributed by atoms with Crippen molar-refractivity contribution in [3.05, 3.63) is 71.7 Å². The number of hydrogen-bond acceptors (Lipinski definition) is 2. The fourth-order valence-corrected chi connectivity index (χ4v) is 4.01. The van der Waals surface area contributed by atoms with Crippen molar-refractivity contribution >= 4 is 32.7 Å². The number of rotatable bonds is 1. The van der Waals surface area contributed by atoms with Crippen LogP contribution in [-0.4, -0.2) is 4.98 Å². The third-order valence-electron chi connectivity index (χ3n) is 5.56. The van der Waals surface area contributed by atoms with Gasteiger partial charge in [-0.1, -0.05) is 24.3 Å². The summed E-state index contributed by atoms with van der Waals surface area (Å²) in [4.78, 5) is 4.53. The molecule has 0 unspecified atom stereocenters. The summed E-state index contributed by atoms with van der Waals surface area (Å²) in [6.45, 7) is 6.34. The van der Waals surface area contributed by atoms with Crippen LogP contribution in [0.3, 0.4) is 0 Å². The smallest absolute Gasteiger partial charge is 0.234 e. The van der Waals surface area contributed by atoms with Gasteiger partial charge in [0, 0.05) is 10.8 Å². The summed E-state index contributed by atoms with van der Waals surface area (Å²) in [5.41, 5.74) is 7.54. The summed E-state index contributed by atoms with van der Waals surface area (Å²) in [6.07, 6.45) is 4.00. The maximum absolute atomic E-state index is 6.43. The number of fused-ring (bicyclic) bond motifs is 4. The molecule has 0 N–H and O–H groups in total. The predicted molar refractivity (Wildman–Crippen MR) is 110 cm³/mol. The van der Waals surface area contributed by atoms with E-state index < -0.39 is 0 Å². The first-order chi connectivity index (χ1) is 13.0. The first-order valence-electron chi connectivity index (χ1n) is 9.21. The van der Waals surface area contributed by atoms with E-state index in [0.717, 1.165) is 38.9 Å². The van der Waals surface area contributed by atoms with Crippen molar-refractivity contribution in [2.75, 3.05) is 0 Å². The van der Waals surface area contributed by atoms with Gasteiger partial charge in [0.05, 0.1) is 11.8 Å². The van der Waals surface area contributed by atoms with Crippen molar-refractivity contribution in [1.82, 2.24) is 4.98 Å². The van der Waals surface area contributed by atoms with Crippen molar-refractivity contribution in [3.8, 4) is 11.3 Å². The Bertz CT molecular complexity index is 1360. The highest BCUT2D eigenvalue weighted by Gasteiger charge is 2.22. The number of benzene rings is 3. The molecule has 0 saturated heterocycles. The number of aromatic nitrogens is 2. The molecule has 2 heterocycles. The molecule has 132 valence electrons. The van der Waals surface area contributed by atoms with Crippen molar-refractivity contribution in [1.29, 1.82) is 0 Å². The van der Waals surface area contributed by atoms with Gasteiger partial charge in [-0.2, -0.15) is 4.57 Å². The standard InChI is InChI=1S/C24H21N2O/c1-14-9-20-19-10-17-7-5-6-8-18(17)11-22(19)27-24(20)23(16(14)3)21-12-25-15(2)13-26(21)4/h5-13H,1-4H3/q+1. The molecule has 27 heavy (non-hydrogen) atoms. The quantitative estimate of drug-likeness (QED) is 0.370. The van der Waals surface area contributed by atoms with Crippen molar-refractivity contribution in [3.63, 3.8) is 0 Å². The lowest BCUT2D eigenvalue weighted by molar-refractivity contribution is -0.661. The second-order valence-electron chi connectivity index (χ2n) is 7.39. The zero-order valence-corrected chi connectivity index (χ0v) is 16.0. The molecule has 2 aromatic heterocycles. The van der Waals surface area contributed by atoms with Gasteiger partial charge >= 0.3 is 0 Å². The van der Waals surface area contributed by atoms with Crippen LogP contribution in [0, 0.1) is 20.8 Å². The van der Waals surface area contributed by atoms with Crippen LogP contribution in [0.15, 0.2) is 59.3 Å². The minimum atomic E-state index is 0.928. The van der Waals surface area contributed by atoms with Gasteiger partial charge < -0.3 is 4.42 Å². The van der Waals surface area contributed by atoms with Crippen LogP contribution in [0.2, 0.25) is 0 Å². The third kappa shape index (κ3) is 2.35. The Morgan fingerprint density at radius 3 is 2.41 bits per heavy atom. The summed E-state index contributed by atoms with van der Waals surface area (Å²) in [7, 11) is 2.06. The lowest BCUT2D eigenvalue weighted by Crippen LogP contribution is -2.31. The molecule has 0 atom stereocenters. The number of hydrogen-bond donors (Lipinski definition) is 0. The zero-order chi connectivity index (χ0) is 18.7. The molecule has 0 aliphatic rings. The second kappa shape index (κ2) is 5.65. The average molecular weight is 353 g/mol. The molecule has 0 amide bonds. The highest BCUT2D eigenvalue weighted by atomic mass is 16.3. The number of aryl methyl sites for hydroxylation is 3. The highest BCUT2D eigenvalue weighted by Crippen LogP contribution is 2.39. The molecule has 0 aliphatic heterocycles. The van der Waals surface area contributed by atoms with Gasteiger partial charge in [0.2, 0.25) is 5.69 Å². The zero-order valence-electron chi connectivity index (χ0n) is 16.0. The van der Waals surface area contributed by atoms with E-state index in [2.05, 4.69) is 79.1 Å². The van der Waals surface area contributed by atoms with Crippen LogP contribution < -0.4 is 4.57 Å². The molecule has 0 saturated carbocycles. The largest absolute Gasteiger partial charge is 0.455 e. The maximum atomic E-state index is 6.43. The Balaban J connectivity index is 1.95. The third-order valence-corrected chi connectivity index (χ3v) is 5.56. The fraction of sp³-hybridized carbons (Fsp3) is 0.167. The Morgan fingerprint density at radius 1 is 0.926 bits per heavy atom. The molecular weight excluding hydrogens is 332 g/mol. The van der Waals surface area contributed by atoms with Gasteiger partial charge in [0.15, 0.2) is 6.20 Å². The minimum Gasteiger partial charge on any atom is -0.455 e. The Morgan fingerprint density at radius 2 is 1.67 bits per heavy atom. The summed E-state index contributed by atoms with van der Waals surface area (Å²) in [6, 6.07) is 15.1. The van der Waals surface area contributed by atoms with Crippen molar-refractivity contribution in [2.24, 2.45) is 7.05 Å². The summed E-state index contributed by atoms with van der Waals surface area (Å²) in [5.74, 6) is 0. The molecule has 5 rings (SSSR count). The normalized spacial score (nSPS) is 11.7. The molecular formula is C24H21N2O+. The number of furan rings is 1. The number of nitrogens with zero attached hydrogens (tertiary/aromatic N) is 2. The van der Waals surface area contributed by atoms with E-state index in [9.17, 15) is 0 Å². The van der Waals surface area contributed by atoms with Crippen LogP contribution >= 0.6 is 0 Å². The second-order valence-corrected chi connectivity index (χ2v) is 7.39. The van der Waals surface area contributed by atoms with Gasteiger partial charge in [0.1, 0.15) is 23.9 Å². The maximum Gasteiger partial charge on any atom is 0.234 e. The van der Waals surface area contributed by atoms with Crippen LogP contribution in [0.5, 0.6) is 0 Å². The molecule has 3 heteroatoms. The summed E-state index contributed by atoms with van der Waals surface area (Å²) >= 11 is 0. The van der Waals surface area contributed by atoms with Gasteiger partial charge in [-0.25, -0.2) is 4.98 Å². The van der Waals surface area contributed by atoms with E-state index >= 15 is 0 Å². The Hall–Kier alpha value is -3.20. The van der Waals surface area contributed by atoms with Crippen LogP contribution in [0.1, 0.15) is 16.8 Å². The van der Waals surface area contributed by atoms with E-state index in [-0.39, 0.29) is 0 Å². The van der Waals surface area contributed by atoms with Crippen LogP contribution in [0.25, 0.3) is 44.0 Å². The van der Waals surface area contributed by atoms with Gasteiger partial charge in [0.25, 0.3) is 0 Å². The van der Waals surface area contributed by atoms with E-state index in [0.29, 0.717) is 0 Å². The monoisotopic (exact) mass is 353 g/mol. The molecule has 0 bridgehead atoms. The molecule has 0 fully saturated rings. The topological polar surface area (TPSA) is 29.9 Å². The van der Waals surface area contributed by atoms with Crippen LogP contribution in [-0.2, 0) is 7.05 Å². The minimum absolute atomic E-state index is 0.928. The SMILES string of the molecule is Cc1c[n+](C)c(-c2c(C)c(C)cc3c2oc2cc4ccccc4cc23)cn1. The molecule has 0 spiro atoms. The molecule has 3 aromatic carbocycles. The first kappa shape index (κ1) is 16.0. The molecule has 0 aliphatic carbocycles. The summed E-state index contributed by atoms with van der Waals surface area (Å²) < 4.78 is 8.56. The van der Waals surface area contributed by atoms with Gasteiger partial charge in [-0.05, 0) is 60.9 Å². The van der Waals surface area contributed by atoms with Gasteiger partial charge in [-0.3, -0.25) is 0 Å². The lowest BCUT2D eigenvalue weighted by atomic mass is 9.96. The fourth-order valence-electron chi connectivity index (χ4n) is 4.01. The molecule has 5 aromatic rings. The Labute approximate surface area is 157 Å².